The van der Waals surface area contributed by atoms with Crippen molar-refractivity contribution in [3.8, 4) is 0 Å². The molecule has 0 bridgehead atoms. The number of aliphatic hydroxyl groups excluding tert-OH is 1. The van der Waals surface area contributed by atoms with E-state index in [2.05, 4.69) is 5.32 Å². The van der Waals surface area contributed by atoms with Gasteiger partial charge in [0.1, 0.15) is 0 Å². The highest BCUT2D eigenvalue weighted by molar-refractivity contribution is 7.58. The number of aliphatic hydroxyl groups is 1. The fourth-order valence-corrected chi connectivity index (χ4v) is 5.30. The smallest absolute Gasteiger partial charge is 0.335 e. The van der Waals surface area contributed by atoms with Crippen molar-refractivity contribution in [3.63, 3.8) is 0 Å². The van der Waals surface area contributed by atoms with Gasteiger partial charge in [0, 0.05) is 24.9 Å². The van der Waals surface area contributed by atoms with Crippen LogP contribution in [0.25, 0.3) is 0 Å². The van der Waals surface area contributed by atoms with E-state index < -0.39 is 19.4 Å². The number of rotatable bonds is 9. The lowest BCUT2D eigenvalue weighted by molar-refractivity contribution is 0.0696. The highest BCUT2D eigenvalue weighted by atomic mass is 31.2. The van der Waals surface area contributed by atoms with E-state index in [1.165, 1.54) is 6.42 Å². The molecule has 1 aliphatic rings. The largest absolute Gasteiger partial charge is 0.478 e. The maximum Gasteiger partial charge on any atom is 0.335 e. The van der Waals surface area contributed by atoms with Crippen LogP contribution in [0.15, 0.2) is 24.3 Å². The lowest BCUT2D eigenvalue weighted by Gasteiger charge is -2.28. The van der Waals surface area contributed by atoms with E-state index in [-0.39, 0.29) is 30.4 Å². The summed E-state index contributed by atoms with van der Waals surface area (Å²) in [7, 11) is -2.70. The van der Waals surface area contributed by atoms with Crippen LogP contribution in [0, 0.1) is 0 Å². The predicted molar refractivity (Wildman–Crippen MR) is 102 cm³/mol. The first-order valence-electron chi connectivity index (χ1n) is 9.26. The molecule has 0 heterocycles. The van der Waals surface area contributed by atoms with E-state index >= 15 is 0 Å². The van der Waals surface area contributed by atoms with Gasteiger partial charge in [-0.15, -0.1) is 0 Å². The Morgan fingerprint density at radius 3 is 2.69 bits per heavy atom. The van der Waals surface area contributed by atoms with Crippen LogP contribution in [0.1, 0.15) is 61.0 Å². The maximum absolute atomic E-state index is 12.7. The summed E-state index contributed by atoms with van der Waals surface area (Å²) in [6.45, 7) is 3.91. The predicted octanol–water partition coefficient (Wildman–Crippen LogP) is 3.65. The Bertz CT molecular complexity index is 645. The van der Waals surface area contributed by atoms with Gasteiger partial charge in [-0.05, 0) is 37.5 Å². The summed E-state index contributed by atoms with van der Waals surface area (Å²) in [4.78, 5) is 11.0. The maximum atomic E-state index is 12.7. The monoisotopic (exact) mass is 383 g/mol. The minimum absolute atomic E-state index is 0.0408. The summed E-state index contributed by atoms with van der Waals surface area (Å²) in [6.07, 6.45) is 4.52. The molecule has 0 amide bonds. The van der Waals surface area contributed by atoms with Crippen molar-refractivity contribution in [1.82, 2.24) is 5.32 Å². The average Bonchev–Trinajstić information content (AvgIpc) is 2.65. The Morgan fingerprint density at radius 1 is 1.35 bits per heavy atom. The van der Waals surface area contributed by atoms with E-state index in [0.717, 1.165) is 31.2 Å². The van der Waals surface area contributed by atoms with E-state index in [1.54, 1.807) is 24.9 Å². The van der Waals surface area contributed by atoms with E-state index in [1.807, 2.05) is 13.0 Å². The minimum atomic E-state index is -2.70. The molecule has 1 aromatic carbocycles. The second-order valence-corrected chi connectivity index (χ2v) is 10.0. The first-order chi connectivity index (χ1) is 12.3. The Morgan fingerprint density at radius 2 is 2.04 bits per heavy atom. The van der Waals surface area contributed by atoms with Crippen LogP contribution in [0.2, 0.25) is 0 Å². The molecule has 7 heteroatoms. The standard InChI is InChI=1S/C19H30NO5P/c1-14(15-7-6-8-16(11-15)19(22)23)20-12-17(21)13-25-26(2,24)18-9-4-3-5-10-18/h6-8,11,14,17-18,20-21H,3-5,9-10,12-13H2,1-2H3,(H,22,23)/t14-,17+,26?/m1/s1. The van der Waals surface area contributed by atoms with Crippen molar-refractivity contribution in [2.75, 3.05) is 19.8 Å². The number of carbonyl (C=O) groups is 1. The highest BCUT2D eigenvalue weighted by Crippen LogP contribution is 2.53. The average molecular weight is 383 g/mol. The van der Waals surface area contributed by atoms with Crippen molar-refractivity contribution in [3.05, 3.63) is 35.4 Å². The molecule has 146 valence electrons. The molecule has 3 N–H and O–H groups in total. The van der Waals surface area contributed by atoms with Crippen LogP contribution in [0.3, 0.4) is 0 Å². The molecule has 1 saturated carbocycles. The molecule has 0 aliphatic heterocycles. The fourth-order valence-electron chi connectivity index (χ4n) is 3.32. The van der Waals surface area contributed by atoms with Crippen molar-refractivity contribution in [1.29, 1.82) is 0 Å². The van der Waals surface area contributed by atoms with E-state index in [4.69, 9.17) is 9.63 Å². The van der Waals surface area contributed by atoms with Crippen molar-refractivity contribution >= 4 is 13.3 Å². The van der Waals surface area contributed by atoms with E-state index in [9.17, 15) is 14.5 Å². The topological polar surface area (TPSA) is 95.9 Å². The summed E-state index contributed by atoms with van der Waals surface area (Å²) in [5.74, 6) is -0.964. The zero-order valence-corrected chi connectivity index (χ0v) is 16.5. The van der Waals surface area contributed by atoms with Gasteiger partial charge in [-0.2, -0.15) is 0 Å². The summed E-state index contributed by atoms with van der Waals surface area (Å²) in [6, 6.07) is 6.60. The number of benzene rings is 1. The molecule has 0 radical (unpaired) electrons. The van der Waals surface area contributed by atoms with Crippen molar-refractivity contribution < 1.29 is 24.1 Å². The second-order valence-electron chi connectivity index (χ2n) is 7.21. The Balaban J connectivity index is 1.79. The third kappa shape index (κ3) is 6.20. The van der Waals surface area contributed by atoms with Crippen molar-refractivity contribution in [2.24, 2.45) is 0 Å². The molecule has 6 nitrogen and oxygen atoms in total. The third-order valence-corrected chi connectivity index (χ3v) is 7.56. The number of hydrogen-bond acceptors (Lipinski definition) is 5. The molecular weight excluding hydrogens is 353 g/mol. The number of carboxylic acids is 1. The Labute approximate surface area is 155 Å². The van der Waals surface area contributed by atoms with Gasteiger partial charge < -0.3 is 20.1 Å². The second kappa shape index (κ2) is 9.65. The molecule has 0 saturated heterocycles. The molecule has 1 aromatic rings. The molecular formula is C19H30NO5P. The first kappa shape index (κ1) is 21.1. The number of nitrogens with one attached hydrogen (secondary N) is 1. The molecule has 26 heavy (non-hydrogen) atoms. The van der Waals surface area contributed by atoms with E-state index in [0.29, 0.717) is 0 Å². The van der Waals surface area contributed by atoms with Gasteiger partial charge in [0.15, 0.2) is 0 Å². The number of carboxylic acid groups (broad SMARTS) is 1. The van der Waals surface area contributed by atoms with Crippen LogP contribution in [-0.4, -0.2) is 47.8 Å². The van der Waals surface area contributed by atoms with Crippen molar-refractivity contribution in [2.45, 2.75) is 56.8 Å². The minimum Gasteiger partial charge on any atom is -0.478 e. The van der Waals surface area contributed by atoms with Crippen LogP contribution >= 0.6 is 7.37 Å². The summed E-state index contributed by atoms with van der Waals surface area (Å²) >= 11 is 0. The molecule has 2 rings (SSSR count). The summed E-state index contributed by atoms with van der Waals surface area (Å²) in [5.41, 5.74) is 1.19. The zero-order chi connectivity index (χ0) is 19.2. The molecule has 1 fully saturated rings. The van der Waals surface area contributed by atoms with Gasteiger partial charge in [-0.25, -0.2) is 4.79 Å². The zero-order valence-electron chi connectivity index (χ0n) is 15.6. The van der Waals surface area contributed by atoms with Gasteiger partial charge in [0.2, 0.25) is 7.37 Å². The summed E-state index contributed by atoms with van der Waals surface area (Å²) < 4.78 is 18.3. The Hall–Kier alpha value is -1.20. The van der Waals surface area contributed by atoms with Crippen LogP contribution in [0.5, 0.6) is 0 Å². The number of hydrogen-bond donors (Lipinski definition) is 3. The molecule has 0 spiro atoms. The van der Waals surface area contributed by atoms with Gasteiger partial charge in [0.25, 0.3) is 0 Å². The lowest BCUT2D eigenvalue weighted by Crippen LogP contribution is -2.32. The molecule has 1 unspecified atom stereocenters. The highest BCUT2D eigenvalue weighted by Gasteiger charge is 2.31. The van der Waals surface area contributed by atoms with Gasteiger partial charge in [0.05, 0.1) is 18.3 Å². The lowest BCUT2D eigenvalue weighted by atomic mass is 10.0. The third-order valence-electron chi connectivity index (χ3n) is 5.05. The quantitative estimate of drug-likeness (QED) is 0.563. The molecule has 1 aliphatic carbocycles. The number of aromatic carboxylic acids is 1. The van der Waals surface area contributed by atoms with Crippen LogP contribution in [-0.2, 0) is 9.09 Å². The summed E-state index contributed by atoms with van der Waals surface area (Å²) in [5, 5.41) is 22.4. The van der Waals surface area contributed by atoms with Gasteiger partial charge in [-0.1, -0.05) is 31.4 Å². The van der Waals surface area contributed by atoms with Gasteiger partial charge in [-0.3, -0.25) is 4.57 Å². The first-order valence-corrected chi connectivity index (χ1v) is 11.4. The van der Waals surface area contributed by atoms with Crippen LogP contribution in [0.4, 0.5) is 0 Å². The van der Waals surface area contributed by atoms with Crippen LogP contribution < -0.4 is 5.32 Å². The molecule has 0 aromatic heterocycles. The van der Waals surface area contributed by atoms with Gasteiger partial charge >= 0.3 is 5.97 Å². The Kier molecular flexibility index (Phi) is 7.84. The molecule has 3 atom stereocenters. The SMILES string of the molecule is C[C@@H](NC[C@H](O)COP(C)(=O)C1CCCCC1)c1cccc(C(=O)O)c1. The normalized spacial score (nSPS) is 20.3. The fraction of sp³-hybridized carbons (Fsp3) is 0.632.